The van der Waals surface area contributed by atoms with Crippen molar-refractivity contribution in [2.45, 2.75) is 26.2 Å². The largest absolute Gasteiger partial charge is 0.416 e. The predicted molar refractivity (Wildman–Crippen MR) is 106 cm³/mol. The number of hydrogen-bond donors (Lipinski definition) is 1. The summed E-state index contributed by atoms with van der Waals surface area (Å²) in [6.07, 6.45) is -1.45. The van der Waals surface area contributed by atoms with Crippen LogP contribution < -0.4 is 10.2 Å². The molecular formula is C20H19F3N4O3. The number of nitro benzene ring substituents is 1. The van der Waals surface area contributed by atoms with Crippen molar-refractivity contribution in [3.8, 4) is 0 Å². The minimum Gasteiger partial charge on any atom is -0.359 e. The van der Waals surface area contributed by atoms with Crippen LogP contribution in [0.2, 0.25) is 0 Å². The monoisotopic (exact) mass is 420 g/mol. The van der Waals surface area contributed by atoms with E-state index in [9.17, 15) is 28.1 Å². The SMILES string of the molecule is Cc1ccc(C(=O)Nc2cc(N3C=CN(C)C3C)cc(C(F)(F)F)c2)cc1[N+](=O)[O-]. The highest BCUT2D eigenvalue weighted by Crippen LogP contribution is 2.36. The third-order valence-electron chi connectivity index (χ3n) is 4.92. The lowest BCUT2D eigenvalue weighted by molar-refractivity contribution is -0.385. The quantitative estimate of drug-likeness (QED) is 0.571. The minimum atomic E-state index is -4.61. The number of rotatable bonds is 4. The highest BCUT2D eigenvalue weighted by molar-refractivity contribution is 6.05. The molecule has 0 spiro atoms. The number of nitrogens with zero attached hydrogens (tertiary/aromatic N) is 3. The molecule has 0 aromatic heterocycles. The van der Waals surface area contributed by atoms with Crippen molar-refractivity contribution in [3.05, 3.63) is 75.6 Å². The molecular weight excluding hydrogens is 401 g/mol. The molecule has 1 aliphatic heterocycles. The third kappa shape index (κ3) is 4.22. The number of nitro groups is 1. The van der Waals surface area contributed by atoms with Gasteiger partial charge in [0.05, 0.1) is 10.5 Å². The summed E-state index contributed by atoms with van der Waals surface area (Å²) in [5, 5.41) is 13.5. The average Bonchev–Trinajstić information content (AvgIpc) is 2.99. The molecule has 158 valence electrons. The zero-order chi connectivity index (χ0) is 22.2. The first-order valence-corrected chi connectivity index (χ1v) is 8.94. The maximum absolute atomic E-state index is 13.4. The van der Waals surface area contributed by atoms with E-state index < -0.39 is 22.6 Å². The lowest BCUT2D eigenvalue weighted by Crippen LogP contribution is -2.33. The highest BCUT2D eigenvalue weighted by atomic mass is 19.4. The predicted octanol–water partition coefficient (Wildman–Crippen LogP) is 4.74. The topological polar surface area (TPSA) is 78.7 Å². The van der Waals surface area contributed by atoms with Gasteiger partial charge in [0.15, 0.2) is 0 Å². The van der Waals surface area contributed by atoms with Crippen LogP contribution in [0.3, 0.4) is 0 Å². The Morgan fingerprint density at radius 3 is 2.43 bits per heavy atom. The Balaban J connectivity index is 1.96. The van der Waals surface area contributed by atoms with Gasteiger partial charge in [-0.25, -0.2) is 0 Å². The van der Waals surface area contributed by atoms with Crippen LogP contribution >= 0.6 is 0 Å². The molecule has 1 heterocycles. The van der Waals surface area contributed by atoms with Crippen LogP contribution in [-0.4, -0.2) is 28.9 Å². The van der Waals surface area contributed by atoms with E-state index in [2.05, 4.69) is 5.32 Å². The Labute approximate surface area is 170 Å². The smallest absolute Gasteiger partial charge is 0.359 e. The van der Waals surface area contributed by atoms with E-state index in [4.69, 9.17) is 0 Å². The number of carbonyl (C=O) groups excluding carboxylic acids is 1. The number of anilines is 2. The Kier molecular flexibility index (Phi) is 5.43. The second-order valence-electron chi connectivity index (χ2n) is 6.98. The molecule has 0 bridgehead atoms. The van der Waals surface area contributed by atoms with E-state index in [1.54, 1.807) is 24.3 Å². The average molecular weight is 420 g/mol. The molecule has 2 aromatic carbocycles. The van der Waals surface area contributed by atoms with Gasteiger partial charge in [0.2, 0.25) is 0 Å². The van der Waals surface area contributed by atoms with Crippen molar-refractivity contribution >= 4 is 23.0 Å². The van der Waals surface area contributed by atoms with Crippen molar-refractivity contribution in [3.63, 3.8) is 0 Å². The van der Waals surface area contributed by atoms with Crippen LogP contribution in [0, 0.1) is 17.0 Å². The van der Waals surface area contributed by atoms with Crippen molar-refractivity contribution < 1.29 is 22.9 Å². The van der Waals surface area contributed by atoms with E-state index in [1.165, 1.54) is 25.1 Å². The Morgan fingerprint density at radius 2 is 1.87 bits per heavy atom. The van der Waals surface area contributed by atoms with Gasteiger partial charge in [-0.1, -0.05) is 6.07 Å². The molecule has 1 amide bonds. The molecule has 30 heavy (non-hydrogen) atoms. The van der Waals surface area contributed by atoms with Gasteiger partial charge in [-0.3, -0.25) is 14.9 Å². The summed E-state index contributed by atoms with van der Waals surface area (Å²) in [5.41, 5.74) is -0.629. The number of amides is 1. The minimum absolute atomic E-state index is 0.0274. The second-order valence-corrected chi connectivity index (χ2v) is 6.98. The Bertz CT molecular complexity index is 1040. The number of aryl methyl sites for hydroxylation is 1. The summed E-state index contributed by atoms with van der Waals surface area (Å²) in [7, 11) is 1.79. The molecule has 0 fully saturated rings. The van der Waals surface area contributed by atoms with E-state index in [1.807, 2.05) is 11.8 Å². The standard InChI is InChI=1S/C20H19F3N4O3/c1-12-4-5-14(8-18(12)27(29)30)19(28)24-16-9-15(20(21,22)23)10-17(11-16)26-7-6-25(3)13(26)2/h4-11,13H,1-3H3,(H,24,28). The normalized spacial score (nSPS) is 16.1. The third-order valence-corrected chi connectivity index (χ3v) is 4.92. The molecule has 1 unspecified atom stereocenters. The van der Waals surface area contributed by atoms with Crippen LogP contribution in [0.25, 0.3) is 0 Å². The number of benzene rings is 2. The first-order valence-electron chi connectivity index (χ1n) is 8.94. The fourth-order valence-corrected chi connectivity index (χ4v) is 3.07. The molecule has 2 aromatic rings. The molecule has 7 nitrogen and oxygen atoms in total. The fourth-order valence-electron chi connectivity index (χ4n) is 3.07. The van der Waals surface area contributed by atoms with E-state index in [-0.39, 0.29) is 28.8 Å². The second kappa shape index (κ2) is 7.69. The maximum Gasteiger partial charge on any atom is 0.416 e. The summed E-state index contributed by atoms with van der Waals surface area (Å²) in [4.78, 5) is 26.5. The maximum atomic E-state index is 13.4. The molecule has 0 saturated carbocycles. The Hall–Kier alpha value is -3.56. The number of carbonyl (C=O) groups is 1. The van der Waals surface area contributed by atoms with Gasteiger partial charge >= 0.3 is 6.18 Å². The van der Waals surface area contributed by atoms with Gasteiger partial charge in [-0.05, 0) is 38.1 Å². The number of hydrogen-bond acceptors (Lipinski definition) is 5. The van der Waals surface area contributed by atoms with Crippen LogP contribution in [-0.2, 0) is 6.18 Å². The summed E-state index contributed by atoms with van der Waals surface area (Å²) in [6, 6.07) is 7.16. The van der Waals surface area contributed by atoms with Crippen LogP contribution in [0.15, 0.2) is 48.8 Å². The fraction of sp³-hybridized carbons (Fsp3) is 0.250. The zero-order valence-corrected chi connectivity index (χ0v) is 16.4. The molecule has 0 saturated heterocycles. The molecule has 0 aliphatic carbocycles. The van der Waals surface area contributed by atoms with Crippen LogP contribution in [0.5, 0.6) is 0 Å². The van der Waals surface area contributed by atoms with Gasteiger partial charge in [-0.15, -0.1) is 0 Å². The lowest BCUT2D eigenvalue weighted by atomic mass is 10.1. The molecule has 3 rings (SSSR count). The van der Waals surface area contributed by atoms with Crippen LogP contribution in [0.1, 0.15) is 28.4 Å². The molecule has 1 atom stereocenters. The van der Waals surface area contributed by atoms with E-state index in [0.717, 1.165) is 18.2 Å². The molecule has 1 aliphatic rings. The summed E-state index contributed by atoms with van der Waals surface area (Å²) in [6.45, 7) is 3.35. The van der Waals surface area contributed by atoms with Crippen LogP contribution in [0.4, 0.5) is 30.2 Å². The summed E-state index contributed by atoms with van der Waals surface area (Å²) in [5.74, 6) is -0.745. The number of halogens is 3. The summed E-state index contributed by atoms with van der Waals surface area (Å²) >= 11 is 0. The van der Waals surface area contributed by atoms with E-state index in [0.29, 0.717) is 5.56 Å². The van der Waals surface area contributed by atoms with Gasteiger partial charge < -0.3 is 15.1 Å². The van der Waals surface area contributed by atoms with Crippen molar-refractivity contribution in [1.82, 2.24) is 4.90 Å². The first-order chi connectivity index (χ1) is 14.0. The van der Waals surface area contributed by atoms with Gasteiger partial charge in [0.1, 0.15) is 6.17 Å². The Morgan fingerprint density at radius 1 is 1.17 bits per heavy atom. The van der Waals surface area contributed by atoms with Crippen molar-refractivity contribution in [1.29, 1.82) is 0 Å². The van der Waals surface area contributed by atoms with Gasteiger partial charge in [0, 0.05) is 48.0 Å². The number of nitrogens with one attached hydrogen (secondary N) is 1. The van der Waals surface area contributed by atoms with Gasteiger partial charge in [-0.2, -0.15) is 13.2 Å². The number of alkyl halides is 3. The van der Waals surface area contributed by atoms with Crippen molar-refractivity contribution in [2.24, 2.45) is 0 Å². The first kappa shape index (κ1) is 21.2. The van der Waals surface area contributed by atoms with Crippen molar-refractivity contribution in [2.75, 3.05) is 17.3 Å². The molecule has 1 N–H and O–H groups in total. The van der Waals surface area contributed by atoms with Gasteiger partial charge in [0.25, 0.3) is 11.6 Å². The van der Waals surface area contributed by atoms with E-state index >= 15 is 0 Å². The molecule has 0 radical (unpaired) electrons. The lowest BCUT2D eigenvalue weighted by Gasteiger charge is -2.28. The molecule has 10 heteroatoms. The summed E-state index contributed by atoms with van der Waals surface area (Å²) < 4.78 is 40.3. The zero-order valence-electron chi connectivity index (χ0n) is 16.4. The highest BCUT2D eigenvalue weighted by Gasteiger charge is 2.33.